The number of carbonyl (C=O) groups is 2. The highest BCUT2D eigenvalue weighted by Crippen LogP contribution is 2.28. The van der Waals surface area contributed by atoms with Gasteiger partial charge in [-0.3, -0.25) is 14.9 Å². The molecule has 144 valence electrons. The highest BCUT2D eigenvalue weighted by molar-refractivity contribution is 6.00. The molecule has 0 N–H and O–H groups in total. The third-order valence-corrected chi connectivity index (χ3v) is 4.22. The van der Waals surface area contributed by atoms with Gasteiger partial charge < -0.3 is 14.0 Å². The number of nitro benzene ring substituents is 1. The number of esters is 1. The monoisotopic (exact) mass is 374 g/mol. The number of ketones is 1. The Hall–Kier alpha value is -3.16. The molecule has 0 saturated heterocycles. The molecule has 0 aliphatic rings. The number of carbonyl (C=O) groups excluding carboxylic acids is 2. The van der Waals surface area contributed by atoms with E-state index < -0.39 is 17.5 Å². The molecule has 0 aliphatic heterocycles. The number of nitro groups is 1. The third-order valence-electron chi connectivity index (χ3n) is 4.22. The van der Waals surface area contributed by atoms with Crippen molar-refractivity contribution in [1.29, 1.82) is 0 Å². The van der Waals surface area contributed by atoms with Gasteiger partial charge in [0.05, 0.1) is 17.1 Å². The van der Waals surface area contributed by atoms with Crippen LogP contribution < -0.4 is 4.74 Å². The SMILES string of the molecule is CCOc1ccc(C(=O)OCC(=O)c2cc(C)n(CC)c2C)cc1[N+](=O)[O-]. The van der Waals surface area contributed by atoms with Crippen molar-refractivity contribution in [3.63, 3.8) is 0 Å². The molecule has 2 aromatic rings. The average molecular weight is 374 g/mol. The molecule has 0 bridgehead atoms. The van der Waals surface area contributed by atoms with Gasteiger partial charge in [0.1, 0.15) is 0 Å². The number of aryl methyl sites for hydroxylation is 1. The van der Waals surface area contributed by atoms with Gasteiger partial charge in [0.25, 0.3) is 0 Å². The van der Waals surface area contributed by atoms with E-state index in [9.17, 15) is 19.7 Å². The molecule has 0 amide bonds. The van der Waals surface area contributed by atoms with Crippen LogP contribution in [0.4, 0.5) is 5.69 Å². The van der Waals surface area contributed by atoms with Gasteiger partial charge in [0, 0.05) is 29.6 Å². The van der Waals surface area contributed by atoms with Crippen molar-refractivity contribution in [3.05, 3.63) is 56.9 Å². The van der Waals surface area contributed by atoms with Crippen LogP contribution in [-0.2, 0) is 11.3 Å². The van der Waals surface area contributed by atoms with Gasteiger partial charge in [-0.15, -0.1) is 0 Å². The lowest BCUT2D eigenvalue weighted by Crippen LogP contribution is -2.15. The Morgan fingerprint density at radius 1 is 1.19 bits per heavy atom. The van der Waals surface area contributed by atoms with Gasteiger partial charge in [-0.25, -0.2) is 4.79 Å². The number of ether oxygens (including phenoxy) is 2. The van der Waals surface area contributed by atoms with Gasteiger partial charge in [0.2, 0.25) is 5.78 Å². The van der Waals surface area contributed by atoms with Crippen LogP contribution in [0, 0.1) is 24.0 Å². The minimum atomic E-state index is -0.807. The van der Waals surface area contributed by atoms with Crippen molar-refractivity contribution in [2.75, 3.05) is 13.2 Å². The Balaban J connectivity index is 2.12. The zero-order valence-corrected chi connectivity index (χ0v) is 15.8. The fourth-order valence-corrected chi connectivity index (χ4v) is 2.93. The lowest BCUT2D eigenvalue weighted by molar-refractivity contribution is -0.385. The highest BCUT2D eigenvalue weighted by Gasteiger charge is 2.21. The number of benzene rings is 1. The van der Waals surface area contributed by atoms with Crippen LogP contribution in [-0.4, -0.2) is 34.5 Å². The molecule has 8 heteroatoms. The number of aromatic nitrogens is 1. The Labute approximate surface area is 156 Å². The number of hydrogen-bond donors (Lipinski definition) is 0. The minimum absolute atomic E-state index is 0.0167. The van der Waals surface area contributed by atoms with Crippen LogP contribution in [0.3, 0.4) is 0 Å². The molecular weight excluding hydrogens is 352 g/mol. The predicted molar refractivity (Wildman–Crippen MR) is 98.5 cm³/mol. The predicted octanol–water partition coefficient (Wildman–Crippen LogP) is 3.47. The lowest BCUT2D eigenvalue weighted by atomic mass is 10.1. The van der Waals surface area contributed by atoms with E-state index in [-0.39, 0.29) is 29.4 Å². The first-order valence-electron chi connectivity index (χ1n) is 8.58. The second-order valence-corrected chi connectivity index (χ2v) is 5.90. The van der Waals surface area contributed by atoms with Crippen molar-refractivity contribution in [1.82, 2.24) is 4.57 Å². The van der Waals surface area contributed by atoms with Crippen molar-refractivity contribution < 1.29 is 24.0 Å². The number of hydrogen-bond acceptors (Lipinski definition) is 6. The van der Waals surface area contributed by atoms with E-state index in [2.05, 4.69) is 0 Å². The minimum Gasteiger partial charge on any atom is -0.487 e. The Kier molecular flexibility index (Phi) is 6.33. The maximum absolute atomic E-state index is 12.4. The Morgan fingerprint density at radius 2 is 1.89 bits per heavy atom. The van der Waals surface area contributed by atoms with Crippen LogP contribution in [0.5, 0.6) is 5.75 Å². The van der Waals surface area contributed by atoms with E-state index in [0.717, 1.165) is 24.0 Å². The summed E-state index contributed by atoms with van der Waals surface area (Å²) in [5, 5.41) is 11.1. The van der Waals surface area contributed by atoms with E-state index in [1.54, 1.807) is 13.0 Å². The molecule has 8 nitrogen and oxygen atoms in total. The third kappa shape index (κ3) is 4.33. The molecule has 1 aromatic carbocycles. The second-order valence-electron chi connectivity index (χ2n) is 5.90. The van der Waals surface area contributed by atoms with Crippen molar-refractivity contribution >= 4 is 17.4 Å². The molecular formula is C19H22N2O6. The fraction of sp³-hybridized carbons (Fsp3) is 0.368. The molecule has 0 atom stereocenters. The van der Waals surface area contributed by atoms with Gasteiger partial charge in [-0.05, 0) is 45.9 Å². The maximum atomic E-state index is 12.4. The van der Waals surface area contributed by atoms with E-state index in [0.29, 0.717) is 5.56 Å². The van der Waals surface area contributed by atoms with Gasteiger partial charge in [0.15, 0.2) is 12.4 Å². The summed E-state index contributed by atoms with van der Waals surface area (Å²) in [5.74, 6) is -1.06. The first kappa shape index (κ1) is 20.2. The topological polar surface area (TPSA) is 101 Å². The quantitative estimate of drug-likeness (QED) is 0.303. The summed E-state index contributed by atoms with van der Waals surface area (Å²) in [6.07, 6.45) is 0. The number of nitrogens with zero attached hydrogens (tertiary/aromatic N) is 2. The lowest BCUT2D eigenvalue weighted by Gasteiger charge is -2.08. The molecule has 0 spiro atoms. The fourth-order valence-electron chi connectivity index (χ4n) is 2.93. The van der Waals surface area contributed by atoms with Gasteiger partial charge in [-0.2, -0.15) is 0 Å². The summed E-state index contributed by atoms with van der Waals surface area (Å²) in [5.41, 5.74) is 1.92. The molecule has 27 heavy (non-hydrogen) atoms. The maximum Gasteiger partial charge on any atom is 0.338 e. The first-order chi connectivity index (χ1) is 12.8. The normalized spacial score (nSPS) is 10.5. The first-order valence-corrected chi connectivity index (χ1v) is 8.58. The summed E-state index contributed by atoms with van der Waals surface area (Å²) in [6.45, 7) is 7.98. The average Bonchev–Trinajstić information content (AvgIpc) is 2.93. The van der Waals surface area contributed by atoms with E-state index in [4.69, 9.17) is 9.47 Å². The largest absolute Gasteiger partial charge is 0.487 e. The Morgan fingerprint density at radius 3 is 2.44 bits per heavy atom. The smallest absolute Gasteiger partial charge is 0.338 e. The summed E-state index contributed by atoms with van der Waals surface area (Å²) in [6, 6.07) is 5.56. The molecule has 0 unspecified atom stereocenters. The zero-order valence-electron chi connectivity index (χ0n) is 15.8. The summed E-state index contributed by atoms with van der Waals surface area (Å²) >= 11 is 0. The van der Waals surface area contributed by atoms with E-state index in [1.165, 1.54) is 12.1 Å². The van der Waals surface area contributed by atoms with E-state index >= 15 is 0 Å². The van der Waals surface area contributed by atoms with Crippen molar-refractivity contribution in [2.45, 2.75) is 34.2 Å². The van der Waals surface area contributed by atoms with E-state index in [1.807, 2.05) is 25.3 Å². The number of Topliss-reactive ketones (excluding diaryl/α,β-unsaturated/α-hetero) is 1. The van der Waals surface area contributed by atoms with Crippen LogP contribution >= 0.6 is 0 Å². The van der Waals surface area contributed by atoms with Crippen LogP contribution in [0.2, 0.25) is 0 Å². The molecule has 0 aliphatic carbocycles. The van der Waals surface area contributed by atoms with Gasteiger partial charge >= 0.3 is 11.7 Å². The second kappa shape index (κ2) is 8.48. The Bertz CT molecular complexity index is 885. The molecule has 0 radical (unpaired) electrons. The molecule has 2 rings (SSSR count). The summed E-state index contributed by atoms with van der Waals surface area (Å²) in [4.78, 5) is 35.1. The summed E-state index contributed by atoms with van der Waals surface area (Å²) in [7, 11) is 0. The molecule has 1 heterocycles. The van der Waals surface area contributed by atoms with Gasteiger partial charge in [-0.1, -0.05) is 0 Å². The molecule has 0 saturated carbocycles. The zero-order chi connectivity index (χ0) is 20.1. The van der Waals surface area contributed by atoms with Crippen molar-refractivity contribution in [2.24, 2.45) is 0 Å². The highest BCUT2D eigenvalue weighted by atomic mass is 16.6. The van der Waals surface area contributed by atoms with Crippen LogP contribution in [0.15, 0.2) is 24.3 Å². The number of rotatable bonds is 8. The van der Waals surface area contributed by atoms with Crippen molar-refractivity contribution in [3.8, 4) is 5.75 Å². The van der Waals surface area contributed by atoms with Crippen LogP contribution in [0.25, 0.3) is 0 Å². The standard InChI is InChI=1S/C19H22N2O6/c1-5-20-12(3)9-15(13(20)4)17(22)11-27-19(23)14-7-8-18(26-6-2)16(10-14)21(24)25/h7-10H,5-6,11H2,1-4H3. The van der Waals surface area contributed by atoms with Crippen LogP contribution in [0.1, 0.15) is 46.0 Å². The summed E-state index contributed by atoms with van der Waals surface area (Å²) < 4.78 is 12.2. The molecule has 1 aromatic heterocycles. The molecule has 0 fully saturated rings.